The lowest BCUT2D eigenvalue weighted by Gasteiger charge is -2.19. The molecular formula is C22H25N3O2S. The van der Waals surface area contributed by atoms with Crippen LogP contribution in [0, 0.1) is 0 Å². The molecule has 1 aromatic heterocycles. The molecule has 1 N–H and O–H groups in total. The molecule has 3 rings (SSSR count). The molecule has 6 heteroatoms. The Balaban J connectivity index is 1.53. The molecule has 2 aromatic carbocycles. The third kappa shape index (κ3) is 4.95. The Kier molecular flexibility index (Phi) is 6.76. The van der Waals surface area contributed by atoms with Gasteiger partial charge in [0.05, 0.1) is 15.2 Å². The quantitative estimate of drug-likeness (QED) is 0.599. The van der Waals surface area contributed by atoms with E-state index in [9.17, 15) is 9.59 Å². The minimum Gasteiger partial charge on any atom is -0.339 e. The molecular weight excluding hydrogens is 370 g/mol. The van der Waals surface area contributed by atoms with Crippen LogP contribution in [0.4, 0.5) is 5.69 Å². The monoisotopic (exact) mass is 395 g/mol. The van der Waals surface area contributed by atoms with Gasteiger partial charge in [0.2, 0.25) is 5.91 Å². The van der Waals surface area contributed by atoms with Gasteiger partial charge in [-0.25, -0.2) is 4.98 Å². The number of aromatic nitrogens is 1. The van der Waals surface area contributed by atoms with Gasteiger partial charge in [0.15, 0.2) is 0 Å². The molecule has 0 unspecified atom stereocenters. The van der Waals surface area contributed by atoms with E-state index in [1.807, 2.05) is 38.1 Å². The van der Waals surface area contributed by atoms with E-state index in [2.05, 4.69) is 16.4 Å². The van der Waals surface area contributed by atoms with Crippen molar-refractivity contribution in [1.82, 2.24) is 9.88 Å². The maximum atomic E-state index is 12.5. The third-order valence-electron chi connectivity index (χ3n) is 4.58. The van der Waals surface area contributed by atoms with E-state index in [-0.39, 0.29) is 11.8 Å². The molecule has 0 saturated heterocycles. The average molecular weight is 396 g/mol. The summed E-state index contributed by atoms with van der Waals surface area (Å²) in [6, 6.07) is 15.2. The average Bonchev–Trinajstić information content (AvgIpc) is 3.11. The van der Waals surface area contributed by atoms with Crippen molar-refractivity contribution in [3.05, 3.63) is 59.1 Å². The number of para-hydroxylation sites is 1. The number of thiazole rings is 1. The number of hydrogen-bond acceptors (Lipinski definition) is 4. The molecule has 0 atom stereocenters. The van der Waals surface area contributed by atoms with E-state index >= 15 is 0 Å². The van der Waals surface area contributed by atoms with Gasteiger partial charge in [-0.1, -0.05) is 18.2 Å². The number of nitrogens with one attached hydrogen (secondary N) is 1. The van der Waals surface area contributed by atoms with Gasteiger partial charge in [-0.2, -0.15) is 0 Å². The first-order valence-electron chi connectivity index (χ1n) is 9.64. The number of rotatable bonds is 8. The Bertz CT molecular complexity index is 930. The summed E-state index contributed by atoms with van der Waals surface area (Å²) in [6.07, 6.45) is 1.95. The van der Waals surface area contributed by atoms with Crippen LogP contribution in [0.15, 0.2) is 48.5 Å². The zero-order chi connectivity index (χ0) is 19.9. The van der Waals surface area contributed by atoms with E-state index in [0.717, 1.165) is 23.4 Å². The number of carbonyl (C=O) groups excluding carboxylic acids is 2. The van der Waals surface area contributed by atoms with Gasteiger partial charge >= 0.3 is 0 Å². The third-order valence-corrected chi connectivity index (χ3v) is 5.67. The summed E-state index contributed by atoms with van der Waals surface area (Å²) in [4.78, 5) is 31.1. The topological polar surface area (TPSA) is 62.3 Å². The Morgan fingerprint density at radius 2 is 1.86 bits per heavy atom. The van der Waals surface area contributed by atoms with E-state index in [4.69, 9.17) is 0 Å². The highest BCUT2D eigenvalue weighted by Crippen LogP contribution is 2.23. The smallest absolute Gasteiger partial charge is 0.253 e. The van der Waals surface area contributed by atoms with Crippen molar-refractivity contribution in [2.75, 3.05) is 18.4 Å². The molecule has 1 heterocycles. The van der Waals surface area contributed by atoms with Crippen LogP contribution < -0.4 is 5.32 Å². The molecule has 0 radical (unpaired) electrons. The van der Waals surface area contributed by atoms with Crippen LogP contribution in [0.1, 0.15) is 42.1 Å². The number of carbonyl (C=O) groups is 2. The van der Waals surface area contributed by atoms with Crippen LogP contribution in [-0.4, -0.2) is 34.8 Å². The number of nitrogens with zero attached hydrogens (tertiary/aromatic N) is 2. The molecule has 0 aliphatic rings. The van der Waals surface area contributed by atoms with Gasteiger partial charge in [-0.05, 0) is 57.0 Å². The standard InChI is InChI=1S/C22H25N3O2S/c1-3-25(4-2)22(27)16-9-7-10-17(15-16)23-20(26)13-8-14-21-24-18-11-5-6-12-19(18)28-21/h5-7,9-12,15H,3-4,8,13-14H2,1-2H3,(H,23,26). The highest BCUT2D eigenvalue weighted by molar-refractivity contribution is 7.18. The van der Waals surface area contributed by atoms with Gasteiger partial charge in [0.25, 0.3) is 5.91 Å². The summed E-state index contributed by atoms with van der Waals surface area (Å²) in [5.41, 5.74) is 2.26. The Hall–Kier alpha value is -2.73. The Labute approximate surface area is 169 Å². The van der Waals surface area contributed by atoms with E-state index in [0.29, 0.717) is 30.8 Å². The number of fused-ring (bicyclic) bond motifs is 1. The van der Waals surface area contributed by atoms with Crippen LogP contribution in [-0.2, 0) is 11.2 Å². The zero-order valence-corrected chi connectivity index (χ0v) is 17.1. The number of benzene rings is 2. The molecule has 146 valence electrons. The first-order chi connectivity index (χ1) is 13.6. The van der Waals surface area contributed by atoms with Crippen molar-refractivity contribution in [2.24, 2.45) is 0 Å². The van der Waals surface area contributed by atoms with Crippen LogP contribution in [0.2, 0.25) is 0 Å². The van der Waals surface area contributed by atoms with E-state index in [1.165, 1.54) is 4.70 Å². The summed E-state index contributed by atoms with van der Waals surface area (Å²) in [5, 5.41) is 3.95. The summed E-state index contributed by atoms with van der Waals surface area (Å²) < 4.78 is 1.18. The summed E-state index contributed by atoms with van der Waals surface area (Å²) in [6.45, 7) is 5.24. The lowest BCUT2D eigenvalue weighted by molar-refractivity contribution is -0.116. The molecule has 5 nitrogen and oxygen atoms in total. The minimum absolute atomic E-state index is 0.0167. The predicted octanol–water partition coefficient (Wildman–Crippen LogP) is 4.74. The minimum atomic E-state index is -0.0476. The van der Waals surface area contributed by atoms with Crippen molar-refractivity contribution in [3.8, 4) is 0 Å². The Morgan fingerprint density at radius 3 is 2.61 bits per heavy atom. The lowest BCUT2D eigenvalue weighted by Crippen LogP contribution is -2.30. The first-order valence-corrected chi connectivity index (χ1v) is 10.5. The Morgan fingerprint density at radius 1 is 1.07 bits per heavy atom. The molecule has 0 bridgehead atoms. The molecule has 2 amide bonds. The first kappa shape index (κ1) is 20.0. The van der Waals surface area contributed by atoms with Gasteiger partial charge in [0, 0.05) is 30.8 Å². The van der Waals surface area contributed by atoms with Gasteiger partial charge in [-0.15, -0.1) is 11.3 Å². The second-order valence-corrected chi connectivity index (χ2v) is 7.65. The molecule has 3 aromatic rings. The number of aryl methyl sites for hydroxylation is 1. The lowest BCUT2D eigenvalue weighted by atomic mass is 10.1. The van der Waals surface area contributed by atoms with Gasteiger partial charge in [-0.3, -0.25) is 9.59 Å². The molecule has 0 spiro atoms. The molecule has 0 fully saturated rings. The van der Waals surface area contributed by atoms with Crippen LogP contribution in [0.3, 0.4) is 0 Å². The van der Waals surface area contributed by atoms with Crippen LogP contribution >= 0.6 is 11.3 Å². The van der Waals surface area contributed by atoms with E-state index < -0.39 is 0 Å². The fraction of sp³-hybridized carbons (Fsp3) is 0.318. The van der Waals surface area contributed by atoms with Crippen molar-refractivity contribution in [1.29, 1.82) is 0 Å². The van der Waals surface area contributed by atoms with Crippen LogP contribution in [0.5, 0.6) is 0 Å². The second-order valence-electron chi connectivity index (χ2n) is 6.54. The SMILES string of the molecule is CCN(CC)C(=O)c1cccc(NC(=O)CCCc2nc3ccccc3s2)c1. The zero-order valence-electron chi connectivity index (χ0n) is 16.3. The molecule has 28 heavy (non-hydrogen) atoms. The highest BCUT2D eigenvalue weighted by atomic mass is 32.1. The van der Waals surface area contributed by atoms with Crippen molar-refractivity contribution in [3.63, 3.8) is 0 Å². The summed E-state index contributed by atoms with van der Waals surface area (Å²) >= 11 is 1.68. The van der Waals surface area contributed by atoms with Crippen LogP contribution in [0.25, 0.3) is 10.2 Å². The maximum Gasteiger partial charge on any atom is 0.253 e. The van der Waals surface area contributed by atoms with Crippen molar-refractivity contribution < 1.29 is 9.59 Å². The normalized spacial score (nSPS) is 10.8. The molecule has 0 aliphatic carbocycles. The number of anilines is 1. The fourth-order valence-electron chi connectivity index (χ4n) is 3.07. The highest BCUT2D eigenvalue weighted by Gasteiger charge is 2.13. The van der Waals surface area contributed by atoms with Crippen molar-refractivity contribution in [2.45, 2.75) is 33.1 Å². The summed E-state index contributed by atoms with van der Waals surface area (Å²) in [7, 11) is 0. The van der Waals surface area contributed by atoms with Crippen molar-refractivity contribution >= 4 is 39.1 Å². The molecule has 0 saturated carbocycles. The fourth-order valence-corrected chi connectivity index (χ4v) is 4.08. The summed E-state index contributed by atoms with van der Waals surface area (Å²) in [5.74, 6) is -0.0644. The van der Waals surface area contributed by atoms with Gasteiger partial charge < -0.3 is 10.2 Å². The number of amides is 2. The number of hydrogen-bond donors (Lipinski definition) is 1. The maximum absolute atomic E-state index is 12.5. The van der Waals surface area contributed by atoms with E-state index in [1.54, 1.807) is 34.4 Å². The second kappa shape index (κ2) is 9.46. The van der Waals surface area contributed by atoms with Gasteiger partial charge in [0.1, 0.15) is 0 Å². The predicted molar refractivity (Wildman–Crippen MR) is 115 cm³/mol. The molecule has 0 aliphatic heterocycles. The largest absolute Gasteiger partial charge is 0.339 e.